The van der Waals surface area contributed by atoms with Gasteiger partial charge in [-0.2, -0.15) is 0 Å². The van der Waals surface area contributed by atoms with Gasteiger partial charge in [0.05, 0.1) is 6.10 Å². The van der Waals surface area contributed by atoms with Gasteiger partial charge in [-0.25, -0.2) is 4.74 Å². The summed E-state index contributed by atoms with van der Waals surface area (Å²) < 4.78 is 6.72. The Hall–Kier alpha value is -2.39. The maximum Gasteiger partial charge on any atom is 0.178 e. The Labute approximate surface area is 131 Å². The van der Waals surface area contributed by atoms with E-state index in [0.29, 0.717) is 6.54 Å². The third kappa shape index (κ3) is 5.19. The Bertz CT molecular complexity index is 593. The van der Waals surface area contributed by atoms with Crippen LogP contribution in [0.1, 0.15) is 23.7 Å². The summed E-state index contributed by atoms with van der Waals surface area (Å²) in [5.74, 6) is 0. The summed E-state index contributed by atoms with van der Waals surface area (Å²) in [7, 11) is 0. The molecule has 2 aromatic rings. The van der Waals surface area contributed by atoms with Gasteiger partial charge in [0, 0.05) is 5.56 Å². The normalized spacial score (nSPS) is 12.8. The zero-order chi connectivity index (χ0) is 15.6. The maximum absolute atomic E-state index is 11.8. The van der Waals surface area contributed by atoms with E-state index < -0.39 is 0 Å². The smallest absolute Gasteiger partial charge is 0.178 e. The molecule has 0 saturated carbocycles. The molecule has 0 amide bonds. The van der Waals surface area contributed by atoms with Crippen LogP contribution in [-0.2, 0) is 11.3 Å². The molecule has 3 heteroatoms. The van der Waals surface area contributed by atoms with Gasteiger partial charge >= 0.3 is 0 Å². The van der Waals surface area contributed by atoms with Crippen LogP contribution in [0.4, 0.5) is 0 Å². The second kappa shape index (κ2) is 8.80. The molecule has 0 aromatic heterocycles. The molecule has 0 heterocycles. The largest absolute Gasteiger partial charge is 0.624 e. The zero-order valence-electron chi connectivity index (χ0n) is 12.6. The van der Waals surface area contributed by atoms with Crippen LogP contribution in [0.3, 0.4) is 0 Å². The fourth-order valence-electron chi connectivity index (χ4n) is 2.19. The third-order valence-corrected chi connectivity index (χ3v) is 3.31. The van der Waals surface area contributed by atoms with Crippen molar-refractivity contribution < 1.29 is 9.48 Å². The standard InChI is InChI=1S/C19H21NO2/c1-2-9-19(18-12-7-4-8-13-18)22-15-14-20(21)16-17-10-5-3-6-11-17/h2-8,10-14,19H,1,9,15-16H2/b20-14+. The number of hydroxylamine groups is 1. The molecule has 1 atom stereocenters. The van der Waals surface area contributed by atoms with Gasteiger partial charge < -0.3 is 9.94 Å². The Morgan fingerprint density at radius 3 is 2.32 bits per heavy atom. The van der Waals surface area contributed by atoms with Crippen LogP contribution in [0.15, 0.2) is 73.3 Å². The lowest BCUT2D eigenvalue weighted by Gasteiger charge is -2.15. The van der Waals surface area contributed by atoms with Gasteiger partial charge in [-0.05, 0) is 12.0 Å². The highest BCUT2D eigenvalue weighted by Crippen LogP contribution is 2.20. The monoisotopic (exact) mass is 295 g/mol. The summed E-state index contributed by atoms with van der Waals surface area (Å²) in [6, 6.07) is 19.6. The van der Waals surface area contributed by atoms with Crippen LogP contribution in [0.25, 0.3) is 0 Å². The van der Waals surface area contributed by atoms with Gasteiger partial charge in [0.2, 0.25) is 0 Å². The number of ether oxygens (including phenoxy) is 1. The second-order valence-electron chi connectivity index (χ2n) is 5.00. The van der Waals surface area contributed by atoms with Crippen molar-refractivity contribution in [2.75, 3.05) is 6.61 Å². The van der Waals surface area contributed by atoms with E-state index in [1.807, 2.05) is 66.7 Å². The number of benzene rings is 2. The van der Waals surface area contributed by atoms with Crippen molar-refractivity contribution >= 4 is 6.21 Å². The lowest BCUT2D eigenvalue weighted by molar-refractivity contribution is -0.471. The van der Waals surface area contributed by atoms with Crippen LogP contribution < -0.4 is 0 Å². The fourth-order valence-corrected chi connectivity index (χ4v) is 2.19. The molecule has 0 aliphatic carbocycles. The van der Waals surface area contributed by atoms with Crippen LogP contribution in [0.5, 0.6) is 0 Å². The van der Waals surface area contributed by atoms with Crippen molar-refractivity contribution in [3.8, 4) is 0 Å². The maximum atomic E-state index is 11.8. The number of nitrogens with zero attached hydrogens (tertiary/aromatic N) is 1. The molecule has 0 spiro atoms. The molecule has 0 radical (unpaired) electrons. The van der Waals surface area contributed by atoms with Crippen molar-refractivity contribution in [3.05, 3.63) is 89.7 Å². The SMILES string of the molecule is C=CCC(OC/C=[N+](/[O-])Cc1ccccc1)c1ccccc1. The highest BCUT2D eigenvalue weighted by atomic mass is 16.5. The molecular weight excluding hydrogens is 274 g/mol. The minimum atomic E-state index is -0.0694. The summed E-state index contributed by atoms with van der Waals surface area (Å²) in [5.41, 5.74) is 2.08. The van der Waals surface area contributed by atoms with Crippen LogP contribution >= 0.6 is 0 Å². The lowest BCUT2D eigenvalue weighted by Crippen LogP contribution is -2.12. The molecule has 0 aliphatic heterocycles. The summed E-state index contributed by atoms with van der Waals surface area (Å²) in [5, 5.41) is 11.8. The van der Waals surface area contributed by atoms with Crippen LogP contribution in [0.2, 0.25) is 0 Å². The minimum Gasteiger partial charge on any atom is -0.624 e. The van der Waals surface area contributed by atoms with Gasteiger partial charge in [0.1, 0.15) is 6.61 Å². The predicted molar refractivity (Wildman–Crippen MR) is 89.8 cm³/mol. The van der Waals surface area contributed by atoms with Crippen LogP contribution in [-0.4, -0.2) is 17.6 Å². The first-order valence-corrected chi connectivity index (χ1v) is 7.38. The molecule has 0 bridgehead atoms. The van der Waals surface area contributed by atoms with E-state index in [4.69, 9.17) is 4.74 Å². The Morgan fingerprint density at radius 2 is 1.68 bits per heavy atom. The Morgan fingerprint density at radius 1 is 1.05 bits per heavy atom. The molecule has 1 unspecified atom stereocenters. The van der Waals surface area contributed by atoms with Crippen molar-refractivity contribution in [1.29, 1.82) is 0 Å². The first kappa shape index (κ1) is 16.0. The Kier molecular flexibility index (Phi) is 6.39. The number of hydrogen-bond donors (Lipinski definition) is 0. The molecule has 0 saturated heterocycles. The Balaban J connectivity index is 1.89. The van der Waals surface area contributed by atoms with Crippen molar-refractivity contribution in [2.24, 2.45) is 0 Å². The average molecular weight is 295 g/mol. The molecular formula is C19H21NO2. The number of hydrogen-bond acceptors (Lipinski definition) is 2. The summed E-state index contributed by atoms with van der Waals surface area (Å²) in [4.78, 5) is 0. The van der Waals surface area contributed by atoms with Crippen LogP contribution in [0, 0.1) is 5.21 Å². The third-order valence-electron chi connectivity index (χ3n) is 3.31. The summed E-state index contributed by atoms with van der Waals surface area (Å²) >= 11 is 0. The van der Waals surface area contributed by atoms with Crippen molar-refractivity contribution in [1.82, 2.24) is 0 Å². The van der Waals surface area contributed by atoms with E-state index in [9.17, 15) is 5.21 Å². The highest BCUT2D eigenvalue weighted by Gasteiger charge is 2.09. The van der Waals surface area contributed by atoms with E-state index in [-0.39, 0.29) is 12.7 Å². The molecule has 22 heavy (non-hydrogen) atoms. The summed E-state index contributed by atoms with van der Waals surface area (Å²) in [6.07, 6.45) is 4.01. The molecule has 0 fully saturated rings. The van der Waals surface area contributed by atoms with Crippen molar-refractivity contribution in [2.45, 2.75) is 19.1 Å². The molecule has 0 aliphatic rings. The number of rotatable bonds is 8. The molecule has 3 nitrogen and oxygen atoms in total. The minimum absolute atomic E-state index is 0.0694. The van der Waals surface area contributed by atoms with E-state index in [1.54, 1.807) is 0 Å². The van der Waals surface area contributed by atoms with Crippen molar-refractivity contribution in [3.63, 3.8) is 0 Å². The first-order valence-electron chi connectivity index (χ1n) is 7.38. The van der Waals surface area contributed by atoms with Gasteiger partial charge in [-0.3, -0.25) is 0 Å². The average Bonchev–Trinajstić information content (AvgIpc) is 2.56. The molecule has 114 valence electrons. The van der Waals surface area contributed by atoms with E-state index in [1.165, 1.54) is 6.21 Å². The topological polar surface area (TPSA) is 35.3 Å². The van der Waals surface area contributed by atoms with Gasteiger partial charge in [0.15, 0.2) is 12.8 Å². The quantitative estimate of drug-likeness (QED) is 0.242. The van der Waals surface area contributed by atoms with Gasteiger partial charge in [-0.1, -0.05) is 66.7 Å². The molecule has 2 rings (SSSR count). The molecule has 2 aromatic carbocycles. The first-order chi connectivity index (χ1) is 10.8. The second-order valence-corrected chi connectivity index (χ2v) is 5.00. The van der Waals surface area contributed by atoms with E-state index in [0.717, 1.165) is 22.3 Å². The lowest BCUT2D eigenvalue weighted by atomic mass is 10.1. The zero-order valence-corrected chi connectivity index (χ0v) is 12.6. The highest BCUT2D eigenvalue weighted by molar-refractivity contribution is 5.52. The fraction of sp³-hybridized carbons (Fsp3) is 0.211. The molecule has 0 N–H and O–H groups in total. The van der Waals surface area contributed by atoms with E-state index in [2.05, 4.69) is 6.58 Å². The summed E-state index contributed by atoms with van der Waals surface area (Å²) in [6.45, 7) is 4.38. The van der Waals surface area contributed by atoms with Gasteiger partial charge in [-0.15, -0.1) is 6.58 Å². The van der Waals surface area contributed by atoms with Gasteiger partial charge in [0.25, 0.3) is 0 Å². The predicted octanol–water partition coefficient (Wildman–Crippen LogP) is 4.10. The van der Waals surface area contributed by atoms with E-state index >= 15 is 0 Å².